The minimum Gasteiger partial charge on any atom is -0.435 e. The summed E-state index contributed by atoms with van der Waals surface area (Å²) in [6.45, 7) is 3.93. The van der Waals surface area contributed by atoms with Crippen molar-refractivity contribution < 1.29 is 9.21 Å². The number of aryl methyl sites for hydroxylation is 1. The van der Waals surface area contributed by atoms with E-state index in [1.54, 1.807) is 0 Å². The number of aromatic nitrogens is 1. The molecule has 4 heteroatoms. The summed E-state index contributed by atoms with van der Waals surface area (Å²) in [5.41, 5.74) is 0.717. The second-order valence-electron chi connectivity index (χ2n) is 6.12. The van der Waals surface area contributed by atoms with Crippen molar-refractivity contribution >= 4 is 5.91 Å². The highest BCUT2D eigenvalue weighted by molar-refractivity contribution is 5.92. The van der Waals surface area contributed by atoms with Gasteiger partial charge in [0.05, 0.1) is 5.69 Å². The number of carbonyl (C=O) groups is 1. The largest absolute Gasteiger partial charge is 0.435 e. The van der Waals surface area contributed by atoms with E-state index in [1.807, 2.05) is 6.92 Å². The van der Waals surface area contributed by atoms with Crippen LogP contribution in [-0.2, 0) is 6.42 Å². The van der Waals surface area contributed by atoms with Gasteiger partial charge in [-0.1, -0.05) is 6.42 Å². The summed E-state index contributed by atoms with van der Waals surface area (Å²) in [6.07, 6.45) is 7.15. The Balaban J connectivity index is 1.62. The van der Waals surface area contributed by atoms with Gasteiger partial charge in [0.15, 0.2) is 5.89 Å². The first-order valence-corrected chi connectivity index (χ1v) is 7.40. The Labute approximate surface area is 114 Å². The Hall–Kier alpha value is -1.32. The van der Waals surface area contributed by atoms with Gasteiger partial charge in [-0.2, -0.15) is 0 Å². The van der Waals surface area contributed by atoms with Gasteiger partial charge in [-0.25, -0.2) is 4.98 Å². The van der Waals surface area contributed by atoms with Crippen molar-refractivity contribution in [3.8, 4) is 0 Å². The number of carbonyl (C=O) groups excluding carboxylic acids is 1. The Morgan fingerprint density at radius 3 is 2.74 bits per heavy atom. The summed E-state index contributed by atoms with van der Waals surface area (Å²) < 4.78 is 5.64. The third-order valence-electron chi connectivity index (χ3n) is 4.42. The molecule has 1 aromatic heterocycles. The van der Waals surface area contributed by atoms with Gasteiger partial charge in [-0.3, -0.25) is 4.79 Å². The molecule has 0 spiro atoms. The molecule has 1 atom stereocenters. The van der Waals surface area contributed by atoms with Crippen LogP contribution >= 0.6 is 0 Å². The molecule has 104 valence electrons. The van der Waals surface area contributed by atoms with E-state index in [0.717, 1.165) is 18.2 Å². The molecule has 19 heavy (non-hydrogen) atoms. The third-order valence-corrected chi connectivity index (χ3v) is 4.42. The van der Waals surface area contributed by atoms with E-state index < -0.39 is 0 Å². The molecule has 2 aliphatic carbocycles. The van der Waals surface area contributed by atoms with E-state index in [-0.39, 0.29) is 11.9 Å². The zero-order chi connectivity index (χ0) is 13.4. The van der Waals surface area contributed by atoms with Gasteiger partial charge in [0.1, 0.15) is 0 Å². The first kappa shape index (κ1) is 12.7. The predicted octanol–water partition coefficient (Wildman–Crippen LogP) is 2.85. The van der Waals surface area contributed by atoms with Gasteiger partial charge in [0, 0.05) is 12.5 Å². The number of nitrogens with one attached hydrogen (secondary N) is 1. The molecule has 1 heterocycles. The first-order chi connectivity index (χ1) is 9.13. The standard InChI is InChI=1S/C15H22N2O2/c1-9(12-4-3-5-12)17-15(18)14-10(2)16-13(19-14)8-11-6-7-11/h9,11-12H,3-8H2,1-2H3,(H,17,18). The zero-order valence-electron chi connectivity index (χ0n) is 11.7. The fraction of sp³-hybridized carbons (Fsp3) is 0.733. The predicted molar refractivity (Wildman–Crippen MR) is 71.9 cm³/mol. The van der Waals surface area contributed by atoms with Crippen LogP contribution in [0.3, 0.4) is 0 Å². The summed E-state index contributed by atoms with van der Waals surface area (Å²) in [5, 5.41) is 3.05. The molecule has 2 saturated carbocycles. The first-order valence-electron chi connectivity index (χ1n) is 7.40. The van der Waals surface area contributed by atoms with E-state index in [9.17, 15) is 4.79 Å². The van der Waals surface area contributed by atoms with Crippen molar-refractivity contribution in [1.82, 2.24) is 10.3 Å². The third kappa shape index (κ3) is 2.82. The summed E-state index contributed by atoms with van der Waals surface area (Å²) in [5.74, 6) is 2.38. The van der Waals surface area contributed by atoms with Crippen LogP contribution in [0.4, 0.5) is 0 Å². The number of rotatable bonds is 5. The number of nitrogens with zero attached hydrogens (tertiary/aromatic N) is 1. The van der Waals surface area contributed by atoms with Crippen LogP contribution in [0, 0.1) is 18.8 Å². The fourth-order valence-electron chi connectivity index (χ4n) is 2.65. The van der Waals surface area contributed by atoms with Crippen molar-refractivity contribution in [3.05, 3.63) is 17.3 Å². The van der Waals surface area contributed by atoms with Gasteiger partial charge in [0.25, 0.3) is 5.91 Å². The summed E-state index contributed by atoms with van der Waals surface area (Å²) in [7, 11) is 0. The minimum absolute atomic E-state index is 0.105. The highest BCUT2D eigenvalue weighted by Crippen LogP contribution is 2.33. The normalized spacial score (nSPS) is 20.9. The number of hydrogen-bond acceptors (Lipinski definition) is 3. The van der Waals surface area contributed by atoms with Crippen molar-refractivity contribution in [2.45, 2.75) is 58.4 Å². The molecule has 2 aliphatic rings. The molecule has 0 aliphatic heterocycles. The molecular formula is C15H22N2O2. The van der Waals surface area contributed by atoms with Gasteiger partial charge < -0.3 is 9.73 Å². The highest BCUT2D eigenvalue weighted by Gasteiger charge is 2.28. The smallest absolute Gasteiger partial charge is 0.289 e. The lowest BCUT2D eigenvalue weighted by Gasteiger charge is -2.31. The molecule has 0 saturated heterocycles. The maximum atomic E-state index is 12.2. The molecule has 4 nitrogen and oxygen atoms in total. The second kappa shape index (κ2) is 4.99. The monoisotopic (exact) mass is 262 g/mol. The Morgan fingerprint density at radius 1 is 1.42 bits per heavy atom. The molecular weight excluding hydrogens is 240 g/mol. The van der Waals surface area contributed by atoms with Crippen LogP contribution in [0.25, 0.3) is 0 Å². The summed E-state index contributed by atoms with van der Waals surface area (Å²) >= 11 is 0. The lowest BCUT2D eigenvalue weighted by Crippen LogP contribution is -2.40. The van der Waals surface area contributed by atoms with E-state index in [4.69, 9.17) is 4.42 Å². The Morgan fingerprint density at radius 2 is 2.16 bits per heavy atom. The average Bonchev–Trinajstić information content (AvgIpc) is 2.98. The molecule has 1 N–H and O–H groups in total. The number of oxazole rings is 1. The molecule has 1 unspecified atom stereocenters. The maximum Gasteiger partial charge on any atom is 0.289 e. The van der Waals surface area contributed by atoms with Crippen molar-refractivity contribution in [2.75, 3.05) is 0 Å². The number of hydrogen-bond donors (Lipinski definition) is 1. The highest BCUT2D eigenvalue weighted by atomic mass is 16.4. The van der Waals surface area contributed by atoms with Crippen LogP contribution in [0.15, 0.2) is 4.42 Å². The fourth-order valence-corrected chi connectivity index (χ4v) is 2.65. The van der Waals surface area contributed by atoms with Gasteiger partial charge >= 0.3 is 0 Å². The SMILES string of the molecule is Cc1nc(CC2CC2)oc1C(=O)NC(C)C1CCC1. The molecule has 0 radical (unpaired) electrons. The minimum atomic E-state index is -0.105. The van der Waals surface area contributed by atoms with Crippen LogP contribution in [0.2, 0.25) is 0 Å². The maximum absolute atomic E-state index is 12.2. The average molecular weight is 262 g/mol. The van der Waals surface area contributed by atoms with Gasteiger partial charge in [-0.05, 0) is 51.4 Å². The second-order valence-corrected chi connectivity index (χ2v) is 6.12. The van der Waals surface area contributed by atoms with Crippen molar-refractivity contribution in [1.29, 1.82) is 0 Å². The summed E-state index contributed by atoms with van der Waals surface area (Å²) in [4.78, 5) is 16.6. The topological polar surface area (TPSA) is 55.1 Å². The Kier molecular flexibility index (Phi) is 3.33. The van der Waals surface area contributed by atoms with E-state index in [2.05, 4.69) is 17.2 Å². The molecule has 3 rings (SSSR count). The van der Waals surface area contributed by atoms with Crippen LogP contribution in [0.1, 0.15) is 61.2 Å². The molecule has 0 bridgehead atoms. The molecule has 0 aromatic carbocycles. The van der Waals surface area contributed by atoms with Gasteiger partial charge in [0.2, 0.25) is 5.76 Å². The Bertz CT molecular complexity index is 472. The zero-order valence-corrected chi connectivity index (χ0v) is 11.7. The van der Waals surface area contributed by atoms with Crippen molar-refractivity contribution in [3.63, 3.8) is 0 Å². The molecule has 1 amide bonds. The van der Waals surface area contributed by atoms with Crippen LogP contribution < -0.4 is 5.32 Å². The van der Waals surface area contributed by atoms with E-state index >= 15 is 0 Å². The van der Waals surface area contributed by atoms with Crippen LogP contribution in [-0.4, -0.2) is 16.9 Å². The number of amides is 1. The van der Waals surface area contributed by atoms with E-state index in [1.165, 1.54) is 32.1 Å². The lowest BCUT2D eigenvalue weighted by atomic mass is 9.80. The lowest BCUT2D eigenvalue weighted by molar-refractivity contribution is 0.0878. The van der Waals surface area contributed by atoms with Gasteiger partial charge in [-0.15, -0.1) is 0 Å². The molecule has 1 aromatic rings. The molecule has 2 fully saturated rings. The van der Waals surface area contributed by atoms with Crippen molar-refractivity contribution in [2.24, 2.45) is 11.8 Å². The van der Waals surface area contributed by atoms with E-state index in [0.29, 0.717) is 17.4 Å². The quantitative estimate of drug-likeness (QED) is 0.887. The summed E-state index contributed by atoms with van der Waals surface area (Å²) in [6, 6.07) is 0.234. The van der Waals surface area contributed by atoms with Crippen LogP contribution in [0.5, 0.6) is 0 Å².